The van der Waals surface area contributed by atoms with Crippen LogP contribution in [0.15, 0.2) is 40.6 Å². The van der Waals surface area contributed by atoms with E-state index in [1.807, 2.05) is 6.08 Å². The zero-order valence-corrected chi connectivity index (χ0v) is 8.48. The van der Waals surface area contributed by atoms with Crippen molar-refractivity contribution in [3.05, 3.63) is 35.6 Å². The Bertz CT molecular complexity index is 457. The van der Waals surface area contributed by atoms with Gasteiger partial charge >= 0.3 is 0 Å². The summed E-state index contributed by atoms with van der Waals surface area (Å²) in [4.78, 5) is 4.62. The van der Waals surface area contributed by atoms with Gasteiger partial charge in [0.15, 0.2) is 0 Å². The molecule has 2 heteroatoms. The molecule has 2 nitrogen and oxygen atoms in total. The molecule has 3 rings (SSSR count). The van der Waals surface area contributed by atoms with Gasteiger partial charge in [0.2, 0.25) is 0 Å². The summed E-state index contributed by atoms with van der Waals surface area (Å²) in [6.07, 6.45) is 11.6. The van der Waals surface area contributed by atoms with E-state index in [9.17, 15) is 0 Å². The molecule has 15 heavy (non-hydrogen) atoms. The largest absolute Gasteiger partial charge is 0.256 e. The topological polar surface area (TPSA) is 36.1 Å². The highest BCUT2D eigenvalue weighted by molar-refractivity contribution is 6.03. The fourth-order valence-electron chi connectivity index (χ4n) is 2.65. The third-order valence-electron chi connectivity index (χ3n) is 3.38. The summed E-state index contributed by atoms with van der Waals surface area (Å²) in [5.41, 5.74) is 3.59. The molecule has 2 atom stereocenters. The lowest BCUT2D eigenvalue weighted by Crippen LogP contribution is -2.13. The van der Waals surface area contributed by atoms with E-state index in [2.05, 4.69) is 29.3 Å². The van der Waals surface area contributed by atoms with Crippen molar-refractivity contribution in [2.75, 3.05) is 0 Å². The Morgan fingerprint density at radius 2 is 2.33 bits per heavy atom. The van der Waals surface area contributed by atoms with Crippen LogP contribution in [0.5, 0.6) is 0 Å². The molecule has 2 aliphatic carbocycles. The Morgan fingerprint density at radius 1 is 1.40 bits per heavy atom. The lowest BCUT2D eigenvalue weighted by molar-refractivity contribution is 0.576. The van der Waals surface area contributed by atoms with Crippen molar-refractivity contribution in [2.45, 2.75) is 19.3 Å². The van der Waals surface area contributed by atoms with Crippen molar-refractivity contribution < 1.29 is 0 Å². The van der Waals surface area contributed by atoms with Crippen LogP contribution in [0, 0.1) is 23.2 Å². The highest BCUT2D eigenvalue weighted by Crippen LogP contribution is 2.41. The zero-order valence-electron chi connectivity index (χ0n) is 8.48. The van der Waals surface area contributed by atoms with E-state index in [-0.39, 0.29) is 5.92 Å². The molecule has 0 saturated heterocycles. The Morgan fingerprint density at radius 3 is 3.20 bits per heavy atom. The second-order valence-electron chi connectivity index (χ2n) is 4.24. The maximum Gasteiger partial charge on any atom is 0.0884 e. The lowest BCUT2D eigenvalue weighted by atomic mass is 9.82. The van der Waals surface area contributed by atoms with Gasteiger partial charge in [-0.3, -0.25) is 4.99 Å². The molecule has 0 N–H and O–H groups in total. The predicted molar refractivity (Wildman–Crippen MR) is 59.2 cm³/mol. The van der Waals surface area contributed by atoms with Gasteiger partial charge in [0.1, 0.15) is 0 Å². The van der Waals surface area contributed by atoms with E-state index in [4.69, 9.17) is 5.26 Å². The summed E-state index contributed by atoms with van der Waals surface area (Å²) in [6.45, 7) is 0. The first kappa shape index (κ1) is 8.67. The molecule has 0 fully saturated rings. The summed E-state index contributed by atoms with van der Waals surface area (Å²) in [5.74, 6) is 0.412. The molecule has 0 amide bonds. The Balaban J connectivity index is 2.06. The molecule has 0 aromatic carbocycles. The minimum absolute atomic E-state index is 0.0358. The third kappa shape index (κ3) is 1.20. The molecule has 3 aliphatic rings. The van der Waals surface area contributed by atoms with Crippen molar-refractivity contribution in [1.82, 2.24) is 0 Å². The fourth-order valence-corrected chi connectivity index (χ4v) is 2.65. The van der Waals surface area contributed by atoms with Crippen LogP contribution in [0.4, 0.5) is 0 Å². The summed E-state index contributed by atoms with van der Waals surface area (Å²) in [7, 11) is 0. The summed E-state index contributed by atoms with van der Waals surface area (Å²) in [6, 6.07) is 2.37. The highest BCUT2D eigenvalue weighted by atomic mass is 14.8. The van der Waals surface area contributed by atoms with Crippen molar-refractivity contribution in [3.63, 3.8) is 0 Å². The van der Waals surface area contributed by atoms with E-state index < -0.39 is 0 Å². The van der Waals surface area contributed by atoms with Crippen LogP contribution < -0.4 is 0 Å². The second kappa shape index (κ2) is 3.20. The summed E-state index contributed by atoms with van der Waals surface area (Å²) in [5, 5.41) is 9.08. The average molecular weight is 196 g/mol. The van der Waals surface area contributed by atoms with Crippen LogP contribution in [0.2, 0.25) is 0 Å². The quantitative estimate of drug-likeness (QED) is 0.586. The van der Waals surface area contributed by atoms with E-state index in [0.29, 0.717) is 5.92 Å². The van der Waals surface area contributed by atoms with Gasteiger partial charge in [-0.05, 0) is 30.9 Å². The van der Waals surface area contributed by atoms with Gasteiger partial charge in [-0.15, -0.1) is 0 Å². The summed E-state index contributed by atoms with van der Waals surface area (Å²) < 4.78 is 0. The van der Waals surface area contributed by atoms with Gasteiger partial charge in [-0.25, -0.2) is 0 Å². The standard InChI is InChI=1S/C13H12N2/c14-8-9-4-3-6-11-10-5-1-2-7-12(10)15-13(9)11/h1-2,5,7,9-10H,3-4,6H2/t9-,10+/m1/s1. The highest BCUT2D eigenvalue weighted by Gasteiger charge is 2.33. The number of fused-ring (bicyclic) bond motifs is 2. The predicted octanol–water partition coefficient (Wildman–Crippen LogP) is 2.76. The van der Waals surface area contributed by atoms with E-state index >= 15 is 0 Å². The van der Waals surface area contributed by atoms with Crippen molar-refractivity contribution in [1.29, 1.82) is 5.26 Å². The van der Waals surface area contributed by atoms with Crippen molar-refractivity contribution >= 4 is 5.71 Å². The lowest BCUT2D eigenvalue weighted by Gasteiger charge is -2.20. The Kier molecular flexibility index (Phi) is 1.85. The number of hydrogen-bond acceptors (Lipinski definition) is 2. The molecule has 0 bridgehead atoms. The maximum atomic E-state index is 9.08. The number of nitriles is 1. The molecule has 0 spiro atoms. The first-order chi connectivity index (χ1) is 7.40. The molecule has 1 heterocycles. The van der Waals surface area contributed by atoms with Crippen LogP contribution >= 0.6 is 0 Å². The van der Waals surface area contributed by atoms with Gasteiger partial charge in [0.25, 0.3) is 0 Å². The molecule has 0 unspecified atom stereocenters. The molecule has 0 saturated carbocycles. The monoisotopic (exact) mass is 196 g/mol. The van der Waals surface area contributed by atoms with Crippen LogP contribution in [0.1, 0.15) is 19.3 Å². The van der Waals surface area contributed by atoms with Gasteiger partial charge in [-0.1, -0.05) is 18.2 Å². The van der Waals surface area contributed by atoms with E-state index in [1.165, 1.54) is 5.57 Å². The molecular weight excluding hydrogens is 184 g/mol. The van der Waals surface area contributed by atoms with E-state index in [1.54, 1.807) is 0 Å². The third-order valence-corrected chi connectivity index (χ3v) is 3.38. The smallest absolute Gasteiger partial charge is 0.0884 e. The van der Waals surface area contributed by atoms with Gasteiger partial charge in [0, 0.05) is 5.92 Å². The minimum Gasteiger partial charge on any atom is -0.256 e. The first-order valence-corrected chi connectivity index (χ1v) is 5.46. The number of hydrogen-bond donors (Lipinski definition) is 0. The molecular formula is C13H12N2. The van der Waals surface area contributed by atoms with Crippen molar-refractivity contribution in [2.24, 2.45) is 16.8 Å². The van der Waals surface area contributed by atoms with Crippen LogP contribution in [-0.2, 0) is 0 Å². The average Bonchev–Trinajstić information content (AvgIpc) is 2.67. The minimum atomic E-state index is 0.0358. The van der Waals surface area contributed by atoms with Gasteiger partial charge in [0.05, 0.1) is 23.4 Å². The van der Waals surface area contributed by atoms with Crippen LogP contribution in [-0.4, -0.2) is 5.71 Å². The Hall–Kier alpha value is -1.62. The number of rotatable bonds is 0. The van der Waals surface area contributed by atoms with Crippen LogP contribution in [0.25, 0.3) is 0 Å². The molecule has 0 radical (unpaired) electrons. The molecule has 1 aliphatic heterocycles. The molecule has 0 aromatic rings. The number of nitrogens with zero attached hydrogens (tertiary/aromatic N) is 2. The normalized spacial score (nSPS) is 32.1. The first-order valence-electron chi connectivity index (χ1n) is 5.46. The molecule has 0 aromatic heterocycles. The fraction of sp³-hybridized carbons (Fsp3) is 0.385. The zero-order chi connectivity index (χ0) is 10.3. The van der Waals surface area contributed by atoms with Gasteiger partial charge < -0.3 is 0 Å². The second-order valence-corrected chi connectivity index (χ2v) is 4.24. The number of allylic oxidation sites excluding steroid dienone is 6. The number of aliphatic imine (C=N–C) groups is 1. The SMILES string of the molecule is N#C[C@H]1CCCC2=C1N=C1C=CC=C[C@H]12. The van der Waals surface area contributed by atoms with Crippen molar-refractivity contribution in [3.8, 4) is 6.07 Å². The van der Waals surface area contributed by atoms with Gasteiger partial charge in [-0.2, -0.15) is 5.26 Å². The Labute approximate surface area is 89.3 Å². The summed E-state index contributed by atoms with van der Waals surface area (Å²) >= 11 is 0. The molecule has 74 valence electrons. The maximum absolute atomic E-state index is 9.08. The van der Waals surface area contributed by atoms with Crippen LogP contribution in [0.3, 0.4) is 0 Å². The van der Waals surface area contributed by atoms with E-state index in [0.717, 1.165) is 30.7 Å².